The van der Waals surface area contributed by atoms with Gasteiger partial charge in [0.2, 0.25) is 0 Å². The maximum absolute atomic E-state index is 6.05. The van der Waals surface area contributed by atoms with Crippen LogP contribution < -0.4 is 5.73 Å². The van der Waals surface area contributed by atoms with Gasteiger partial charge in [-0.05, 0) is 13.0 Å². The van der Waals surface area contributed by atoms with Crippen LogP contribution in [-0.2, 0) is 6.54 Å². The predicted molar refractivity (Wildman–Crippen MR) is 58.9 cm³/mol. The highest BCUT2D eigenvalue weighted by Gasteiger charge is 2.12. The summed E-state index contributed by atoms with van der Waals surface area (Å²) in [6.07, 6.45) is 0. The molecule has 2 aromatic rings. The summed E-state index contributed by atoms with van der Waals surface area (Å²) in [6.45, 7) is 2.31. The lowest BCUT2D eigenvalue weighted by atomic mass is 10.1. The van der Waals surface area contributed by atoms with Crippen molar-refractivity contribution in [1.82, 2.24) is 0 Å². The lowest BCUT2D eigenvalue weighted by molar-refractivity contribution is 0.548. The molecule has 1 aromatic heterocycles. The van der Waals surface area contributed by atoms with Crippen LogP contribution in [-0.4, -0.2) is 0 Å². The Bertz CT molecular complexity index is 490. The topological polar surface area (TPSA) is 39.2 Å². The Kier molecular flexibility index (Phi) is 2.43. The Hall–Kier alpha value is -0.700. The first kappa shape index (κ1) is 9.84. The zero-order valence-electron chi connectivity index (χ0n) is 7.60. The Morgan fingerprint density at radius 3 is 2.71 bits per heavy atom. The fourth-order valence-corrected chi connectivity index (χ4v) is 2.15. The summed E-state index contributed by atoms with van der Waals surface area (Å²) in [5.41, 5.74) is 7.22. The molecular formula is C10H9Cl2NO. The third kappa shape index (κ3) is 1.40. The maximum atomic E-state index is 6.05. The van der Waals surface area contributed by atoms with Crippen LogP contribution in [0.2, 0.25) is 10.0 Å². The zero-order valence-corrected chi connectivity index (χ0v) is 9.12. The average molecular weight is 230 g/mol. The predicted octanol–water partition coefficient (Wildman–Crippen LogP) is 3.51. The van der Waals surface area contributed by atoms with Crippen molar-refractivity contribution in [2.75, 3.05) is 0 Å². The molecule has 0 saturated carbocycles. The van der Waals surface area contributed by atoms with E-state index < -0.39 is 0 Å². The molecule has 2 rings (SSSR count). The van der Waals surface area contributed by atoms with E-state index in [1.165, 1.54) is 0 Å². The molecular weight excluding hydrogens is 221 g/mol. The van der Waals surface area contributed by atoms with Crippen molar-refractivity contribution in [2.45, 2.75) is 13.5 Å². The summed E-state index contributed by atoms with van der Waals surface area (Å²) >= 11 is 11.9. The standard InChI is InChI=1S/C10H9Cl2NO/c1-5-9(4-13)14-8-3-6(11)2-7(12)10(5)8/h2-3H,4,13H2,1H3. The first-order valence-electron chi connectivity index (χ1n) is 4.20. The molecule has 1 aromatic carbocycles. The fraction of sp³-hybridized carbons (Fsp3) is 0.200. The Morgan fingerprint density at radius 1 is 1.36 bits per heavy atom. The van der Waals surface area contributed by atoms with Gasteiger partial charge in [-0.3, -0.25) is 0 Å². The molecule has 0 bridgehead atoms. The molecule has 2 N–H and O–H groups in total. The maximum Gasteiger partial charge on any atom is 0.137 e. The monoisotopic (exact) mass is 229 g/mol. The quantitative estimate of drug-likeness (QED) is 0.814. The van der Waals surface area contributed by atoms with E-state index in [-0.39, 0.29) is 0 Å². The van der Waals surface area contributed by atoms with Crippen LogP contribution >= 0.6 is 23.2 Å². The molecule has 0 fully saturated rings. The van der Waals surface area contributed by atoms with Gasteiger partial charge in [-0.2, -0.15) is 0 Å². The van der Waals surface area contributed by atoms with Crippen molar-refractivity contribution < 1.29 is 4.42 Å². The summed E-state index contributed by atoms with van der Waals surface area (Å²) in [7, 11) is 0. The van der Waals surface area contributed by atoms with Gasteiger partial charge in [0, 0.05) is 22.0 Å². The molecule has 14 heavy (non-hydrogen) atoms. The molecule has 0 aliphatic rings. The Balaban J connectivity index is 2.85. The minimum absolute atomic E-state index is 0.370. The van der Waals surface area contributed by atoms with Crippen LogP contribution in [0.5, 0.6) is 0 Å². The molecule has 4 heteroatoms. The number of furan rings is 1. The van der Waals surface area contributed by atoms with Gasteiger partial charge in [-0.25, -0.2) is 0 Å². The van der Waals surface area contributed by atoms with Crippen LogP contribution in [0.3, 0.4) is 0 Å². The summed E-state index contributed by atoms with van der Waals surface area (Å²) in [5.74, 6) is 0.754. The summed E-state index contributed by atoms with van der Waals surface area (Å²) < 4.78 is 5.52. The summed E-state index contributed by atoms with van der Waals surface area (Å²) in [4.78, 5) is 0. The second-order valence-corrected chi connectivity index (χ2v) is 3.96. The van der Waals surface area contributed by atoms with Crippen molar-refractivity contribution in [1.29, 1.82) is 0 Å². The van der Waals surface area contributed by atoms with Gasteiger partial charge >= 0.3 is 0 Å². The van der Waals surface area contributed by atoms with Crippen LogP contribution in [0, 0.1) is 6.92 Å². The van der Waals surface area contributed by atoms with E-state index >= 15 is 0 Å². The van der Waals surface area contributed by atoms with E-state index in [4.69, 9.17) is 33.4 Å². The molecule has 0 spiro atoms. The van der Waals surface area contributed by atoms with E-state index in [9.17, 15) is 0 Å². The molecule has 0 aliphatic heterocycles. The van der Waals surface area contributed by atoms with Gasteiger partial charge in [-0.1, -0.05) is 23.2 Å². The molecule has 1 heterocycles. The number of benzene rings is 1. The highest BCUT2D eigenvalue weighted by atomic mass is 35.5. The number of rotatable bonds is 1. The lowest BCUT2D eigenvalue weighted by Gasteiger charge is -1.95. The van der Waals surface area contributed by atoms with E-state index in [2.05, 4.69) is 0 Å². The molecule has 0 atom stereocenters. The average Bonchev–Trinajstić information content (AvgIpc) is 2.42. The number of nitrogens with two attached hydrogens (primary N) is 1. The highest BCUT2D eigenvalue weighted by Crippen LogP contribution is 2.33. The van der Waals surface area contributed by atoms with Gasteiger partial charge < -0.3 is 10.2 Å². The number of hydrogen-bond acceptors (Lipinski definition) is 2. The third-order valence-corrected chi connectivity index (χ3v) is 2.75. The second-order valence-electron chi connectivity index (χ2n) is 3.12. The second kappa shape index (κ2) is 3.46. The van der Waals surface area contributed by atoms with Crippen molar-refractivity contribution in [3.8, 4) is 0 Å². The minimum atomic E-state index is 0.370. The van der Waals surface area contributed by atoms with Crippen molar-refractivity contribution >= 4 is 34.2 Å². The van der Waals surface area contributed by atoms with E-state index in [0.29, 0.717) is 22.2 Å². The fourth-order valence-electron chi connectivity index (χ4n) is 1.54. The van der Waals surface area contributed by atoms with Gasteiger partial charge in [0.25, 0.3) is 0 Å². The number of fused-ring (bicyclic) bond motifs is 1. The first-order chi connectivity index (χ1) is 6.63. The molecule has 0 radical (unpaired) electrons. The molecule has 74 valence electrons. The molecule has 0 unspecified atom stereocenters. The van der Waals surface area contributed by atoms with Gasteiger partial charge in [0.1, 0.15) is 11.3 Å². The SMILES string of the molecule is Cc1c(CN)oc2cc(Cl)cc(Cl)c12. The van der Waals surface area contributed by atoms with Gasteiger partial charge in [-0.15, -0.1) is 0 Å². The van der Waals surface area contributed by atoms with Crippen LogP contribution in [0.1, 0.15) is 11.3 Å². The highest BCUT2D eigenvalue weighted by molar-refractivity contribution is 6.38. The van der Waals surface area contributed by atoms with Crippen molar-refractivity contribution in [3.63, 3.8) is 0 Å². The minimum Gasteiger partial charge on any atom is -0.459 e. The van der Waals surface area contributed by atoms with Crippen LogP contribution in [0.15, 0.2) is 16.5 Å². The van der Waals surface area contributed by atoms with Crippen LogP contribution in [0.25, 0.3) is 11.0 Å². The smallest absolute Gasteiger partial charge is 0.137 e. The van der Waals surface area contributed by atoms with E-state index in [1.807, 2.05) is 6.92 Å². The molecule has 2 nitrogen and oxygen atoms in total. The molecule has 0 saturated heterocycles. The van der Waals surface area contributed by atoms with Crippen molar-refractivity contribution in [3.05, 3.63) is 33.5 Å². The largest absolute Gasteiger partial charge is 0.459 e. The Labute approximate surface area is 91.6 Å². The summed E-state index contributed by atoms with van der Waals surface area (Å²) in [6, 6.07) is 3.45. The van der Waals surface area contributed by atoms with Crippen LogP contribution in [0.4, 0.5) is 0 Å². The van der Waals surface area contributed by atoms with E-state index in [0.717, 1.165) is 16.7 Å². The Morgan fingerprint density at radius 2 is 2.07 bits per heavy atom. The molecule has 0 aliphatic carbocycles. The number of aryl methyl sites for hydroxylation is 1. The zero-order chi connectivity index (χ0) is 10.3. The third-order valence-electron chi connectivity index (χ3n) is 2.23. The lowest BCUT2D eigenvalue weighted by Crippen LogP contribution is -1.95. The number of halogens is 2. The van der Waals surface area contributed by atoms with E-state index in [1.54, 1.807) is 12.1 Å². The van der Waals surface area contributed by atoms with Crippen molar-refractivity contribution in [2.24, 2.45) is 5.73 Å². The molecule has 0 amide bonds. The van der Waals surface area contributed by atoms with Gasteiger partial charge in [0.05, 0.1) is 11.6 Å². The summed E-state index contributed by atoms with van der Waals surface area (Å²) in [5, 5.41) is 2.07. The first-order valence-corrected chi connectivity index (χ1v) is 4.96. The van der Waals surface area contributed by atoms with Gasteiger partial charge in [0.15, 0.2) is 0 Å². The number of hydrogen-bond donors (Lipinski definition) is 1. The normalized spacial score (nSPS) is 11.1.